The first-order valence-electron chi connectivity index (χ1n) is 31.7. The predicted octanol–water partition coefficient (Wildman–Crippen LogP) is 2.67. The summed E-state index contributed by atoms with van der Waals surface area (Å²) in [5.41, 5.74) is 12.4. The molecule has 92 heavy (non-hydrogen) atoms. The number of aliphatic hydroxyl groups is 1. The van der Waals surface area contributed by atoms with E-state index in [0.717, 1.165) is 9.80 Å². The minimum atomic E-state index is -1.35. The second-order valence-corrected chi connectivity index (χ2v) is 25.0. The van der Waals surface area contributed by atoms with Crippen molar-refractivity contribution in [2.45, 2.75) is 194 Å². The third-order valence-electron chi connectivity index (χ3n) is 17.3. The van der Waals surface area contributed by atoms with Gasteiger partial charge in [0, 0.05) is 66.5 Å². The molecule has 510 valence electrons. The van der Waals surface area contributed by atoms with Crippen LogP contribution in [0.25, 0.3) is 0 Å². The van der Waals surface area contributed by atoms with Crippen LogP contribution in [0.15, 0.2) is 42.5 Å². The summed E-state index contributed by atoms with van der Waals surface area (Å²) in [5, 5.41) is 27.2. The summed E-state index contributed by atoms with van der Waals surface area (Å²) < 4.78 is 17.7. The van der Waals surface area contributed by atoms with Crippen molar-refractivity contribution in [3.63, 3.8) is 0 Å². The molecule has 2 heterocycles. The molecular formula is C65H100N12O15. The van der Waals surface area contributed by atoms with Gasteiger partial charge in [-0.25, -0.2) is 9.59 Å². The smallest absolute Gasteiger partial charge is 0.410 e. The summed E-state index contributed by atoms with van der Waals surface area (Å²) in [7, 11) is 6.03. The topological polar surface area (TPSA) is 373 Å². The highest BCUT2D eigenvalue weighted by molar-refractivity contribution is 6.06. The zero-order chi connectivity index (χ0) is 68.8. The van der Waals surface area contributed by atoms with E-state index < -0.39 is 144 Å². The highest BCUT2D eigenvalue weighted by Crippen LogP contribution is 2.31. The van der Waals surface area contributed by atoms with E-state index in [1.54, 1.807) is 110 Å². The average Bonchev–Trinajstić information content (AvgIpc) is 1.42. The van der Waals surface area contributed by atoms with Crippen LogP contribution in [0.4, 0.5) is 15.3 Å². The predicted molar refractivity (Wildman–Crippen MR) is 341 cm³/mol. The molecule has 0 radical (unpaired) electrons. The maximum Gasteiger partial charge on any atom is 0.410 e. The molecule has 4 rings (SSSR count). The van der Waals surface area contributed by atoms with Crippen molar-refractivity contribution in [3.05, 3.63) is 65.7 Å². The van der Waals surface area contributed by atoms with Crippen molar-refractivity contribution in [2.75, 3.05) is 53.3 Å². The number of ether oxygens (including phenoxy) is 3. The Hall–Kier alpha value is -7.93. The Morgan fingerprint density at radius 2 is 1.39 bits per heavy atom. The first-order valence-corrected chi connectivity index (χ1v) is 31.7. The van der Waals surface area contributed by atoms with E-state index in [0.29, 0.717) is 42.6 Å². The SMILES string of the molecule is CC[C@H](C)[C@@H]([C@@H](CC(=O)N1CCC[C@H]1[C@H](OC)[C@@H](C)C(=O)N[C@H](C)[C@@H](O)c1cc#ccc1)OC)N(C)C(=O)C(NC(=O)C(C(C)C)N(C)C(=O)OCc1ccc(NC(=O)[C@H](CCCNC(N)=O)NC(=O)C(NC(=O)C(CN)N2C(=O)CCC2=O)C(C)C)cc1)C(C)C. The first-order chi connectivity index (χ1) is 43.4. The number of likely N-dealkylation sites (tertiary alicyclic amines) is 2. The fourth-order valence-corrected chi connectivity index (χ4v) is 11.8. The Morgan fingerprint density at radius 1 is 0.761 bits per heavy atom. The summed E-state index contributed by atoms with van der Waals surface area (Å²) in [6, 6.07) is 8.34. The quantitative estimate of drug-likeness (QED) is 0.0354. The van der Waals surface area contributed by atoms with E-state index in [9.17, 15) is 57.8 Å². The summed E-state index contributed by atoms with van der Waals surface area (Å²) in [4.78, 5) is 154. The monoisotopic (exact) mass is 1290 g/mol. The lowest BCUT2D eigenvalue weighted by Crippen LogP contribution is -2.60. The number of hydrogen-bond acceptors (Lipinski definition) is 16. The Balaban J connectivity index is 1.41. The van der Waals surface area contributed by atoms with E-state index >= 15 is 0 Å². The number of primary amides is 1. The van der Waals surface area contributed by atoms with Crippen molar-refractivity contribution >= 4 is 71.0 Å². The summed E-state index contributed by atoms with van der Waals surface area (Å²) in [6.45, 7) is 17.6. The van der Waals surface area contributed by atoms with Crippen molar-refractivity contribution in [2.24, 2.45) is 41.1 Å². The zero-order valence-electron chi connectivity index (χ0n) is 55.9. The molecule has 2 aromatic carbocycles. The number of imide groups is 1. The number of methoxy groups -OCH3 is 2. The van der Waals surface area contributed by atoms with Crippen LogP contribution in [0.1, 0.15) is 138 Å². The van der Waals surface area contributed by atoms with Crippen molar-refractivity contribution in [1.29, 1.82) is 0 Å². The minimum Gasteiger partial charge on any atom is -0.445 e. The highest BCUT2D eigenvalue weighted by atomic mass is 16.6. The number of anilines is 1. The number of carbonyl (C=O) groups excluding carboxylic acids is 11. The van der Waals surface area contributed by atoms with Crippen molar-refractivity contribution < 1.29 is 72.1 Å². The number of nitrogens with two attached hydrogens (primary N) is 2. The number of urea groups is 1. The highest BCUT2D eigenvalue weighted by Gasteiger charge is 2.45. The Morgan fingerprint density at radius 3 is 1.93 bits per heavy atom. The first kappa shape index (κ1) is 76.5. The van der Waals surface area contributed by atoms with E-state index in [1.807, 2.05) is 13.8 Å². The molecule has 13 atom stereocenters. The maximum absolute atomic E-state index is 14.8. The van der Waals surface area contributed by atoms with Crippen molar-refractivity contribution in [3.8, 4) is 0 Å². The normalized spacial score (nSPS) is 18.0. The number of nitrogens with zero attached hydrogens (tertiary/aromatic N) is 4. The number of aliphatic hydroxyl groups excluding tert-OH is 1. The number of rotatable bonds is 35. The van der Waals surface area contributed by atoms with Crippen LogP contribution in [0.3, 0.4) is 0 Å². The molecule has 12 amide bonds. The average molecular weight is 1290 g/mol. The molecule has 27 heteroatoms. The molecule has 2 aliphatic heterocycles. The number of likely N-dealkylation sites (N-methyl/N-ethyl adjacent to an activating group) is 2. The molecule has 2 saturated heterocycles. The molecule has 0 spiro atoms. The van der Waals surface area contributed by atoms with Gasteiger partial charge in [-0.2, -0.15) is 0 Å². The standard InChI is InChI=1S/C65H100N12O15/c1-15-39(8)55(48(90-13)33-51(80)76-32-20-24-46(76)57(91-14)40(9)58(82)69-41(10)56(81)43-21-17-16-18-22-43)74(11)63(87)53(37(4)5)73-62(86)54(38(6)7)75(12)65(89)92-35-42-25-27-44(28-26-42)70-59(83)45(23-19-31-68-64(67)88)71-61(85)52(36(2)3)72-60(84)47(34-66)77-49(78)29-30-50(77)79/h17,21-22,25-28,36-41,45-48,52-57,81H,15,19-20,23-24,29-35,66H2,1-14H3,(H,69,82)(H,70,83)(H,71,85)(H,72,84)(H,73,86)(H3,67,68,88)/t39-,40+,41+,45-,46-,47?,48+,52?,53?,54?,55-,56+,57+/m0/s1. The molecule has 2 aliphatic rings. The molecule has 2 aromatic rings. The molecule has 0 aromatic heterocycles. The second kappa shape index (κ2) is 36.3. The summed E-state index contributed by atoms with van der Waals surface area (Å²) in [5.74, 6) is -7.28. The minimum absolute atomic E-state index is 0.0184. The summed E-state index contributed by atoms with van der Waals surface area (Å²) >= 11 is 0. The van der Waals surface area contributed by atoms with Crippen LogP contribution in [0, 0.1) is 41.7 Å². The van der Waals surface area contributed by atoms with Gasteiger partial charge in [0.1, 0.15) is 36.8 Å². The Labute approximate surface area is 541 Å². The van der Waals surface area contributed by atoms with Gasteiger partial charge in [0.15, 0.2) is 0 Å². The van der Waals surface area contributed by atoms with Crippen LogP contribution in [0.2, 0.25) is 0 Å². The zero-order valence-corrected chi connectivity index (χ0v) is 55.9. The lowest BCUT2D eigenvalue weighted by Gasteiger charge is -2.41. The van der Waals surface area contributed by atoms with Gasteiger partial charge in [-0.15, -0.1) is 0 Å². The van der Waals surface area contributed by atoms with Gasteiger partial charge in [-0.1, -0.05) is 93.0 Å². The Bertz CT molecular complexity index is 2810. The van der Waals surface area contributed by atoms with Crippen LogP contribution in [-0.4, -0.2) is 198 Å². The van der Waals surface area contributed by atoms with Crippen LogP contribution < -0.4 is 43.4 Å². The third kappa shape index (κ3) is 20.8. The van der Waals surface area contributed by atoms with Crippen LogP contribution >= 0.6 is 0 Å². The van der Waals surface area contributed by atoms with Gasteiger partial charge >= 0.3 is 12.1 Å². The number of carbonyl (C=O) groups is 11. The van der Waals surface area contributed by atoms with Crippen LogP contribution in [-0.2, 0) is 64.0 Å². The molecule has 27 nitrogen and oxygen atoms in total. The fourth-order valence-electron chi connectivity index (χ4n) is 11.8. The van der Waals surface area contributed by atoms with E-state index in [2.05, 4.69) is 44.0 Å². The van der Waals surface area contributed by atoms with Gasteiger partial charge in [0.05, 0.1) is 48.8 Å². The molecule has 11 N–H and O–H groups in total. The van der Waals surface area contributed by atoms with Gasteiger partial charge in [-0.3, -0.25) is 53.0 Å². The van der Waals surface area contributed by atoms with Gasteiger partial charge in [0.2, 0.25) is 53.2 Å². The molecule has 0 aliphatic carbocycles. The number of amides is 12. The molecular weight excluding hydrogens is 1190 g/mol. The largest absolute Gasteiger partial charge is 0.445 e. The number of nitrogens with one attached hydrogen (secondary N) is 6. The summed E-state index contributed by atoms with van der Waals surface area (Å²) in [6.07, 6.45) is -1.47. The third-order valence-corrected chi connectivity index (χ3v) is 17.3. The lowest BCUT2D eigenvalue weighted by atomic mass is 9.89. The van der Waals surface area contributed by atoms with E-state index in [1.165, 1.54) is 26.2 Å². The maximum atomic E-state index is 14.8. The number of benzene rings is 1. The molecule has 2 fully saturated rings. The van der Waals surface area contributed by atoms with Gasteiger partial charge < -0.3 is 72.5 Å². The van der Waals surface area contributed by atoms with Crippen LogP contribution in [0.5, 0.6) is 0 Å². The van der Waals surface area contributed by atoms with Crippen molar-refractivity contribution in [1.82, 2.24) is 46.2 Å². The van der Waals surface area contributed by atoms with E-state index in [4.69, 9.17) is 25.7 Å². The molecule has 4 unspecified atom stereocenters. The Kier molecular flexibility index (Phi) is 30.2. The van der Waals surface area contributed by atoms with Gasteiger partial charge in [0.25, 0.3) is 0 Å². The van der Waals surface area contributed by atoms with Gasteiger partial charge in [-0.05, 0) is 97.7 Å². The second-order valence-electron chi connectivity index (χ2n) is 25.0. The molecule has 0 saturated carbocycles. The fraction of sp³-hybridized carbons (Fsp3) is 0.646. The number of hydrogen-bond donors (Lipinski definition) is 9. The molecule has 0 bridgehead atoms. The lowest BCUT2D eigenvalue weighted by molar-refractivity contribution is -0.148. The van der Waals surface area contributed by atoms with E-state index in [-0.39, 0.29) is 69.5 Å².